The number of nitrogens with two attached hydrogens (primary N) is 1. The summed E-state index contributed by atoms with van der Waals surface area (Å²) < 4.78 is 164. The van der Waals surface area contributed by atoms with Gasteiger partial charge in [0.2, 0.25) is 5.91 Å². The molecule has 1 amide bonds. The lowest BCUT2D eigenvalue weighted by Crippen LogP contribution is -2.59. The monoisotopic (exact) mass is 630 g/mol. The highest BCUT2D eigenvalue weighted by molar-refractivity contribution is 9.10. The molecular formula is C21H11BrF12N2O2. The largest absolute Gasteiger partial charge is 0.573 e. The molecule has 0 aromatic heterocycles. The number of anilines is 2. The SMILES string of the molecule is NC(=O)c1ccc2c(c1)N(c1c(Br)cc(C(F)(C(F)(F)F)C(F)(F)C(F)(F)F)cc1OC(F)(F)F)CC=C2. The first-order valence-corrected chi connectivity index (χ1v) is 10.6. The predicted octanol–water partition coefficient (Wildman–Crippen LogP) is 7.54. The summed E-state index contributed by atoms with van der Waals surface area (Å²) >= 11 is 2.55. The number of amides is 1. The molecule has 1 aliphatic rings. The van der Waals surface area contributed by atoms with Gasteiger partial charge in [0.15, 0.2) is 5.75 Å². The molecule has 2 aromatic carbocycles. The summed E-state index contributed by atoms with van der Waals surface area (Å²) in [6.07, 6.45) is -17.0. The molecule has 0 aliphatic carbocycles. The Bertz CT molecular complexity index is 1290. The maximum atomic E-state index is 15.0. The second kappa shape index (κ2) is 9.27. The number of carbonyl (C=O) groups is 1. The first-order chi connectivity index (χ1) is 17.1. The average Bonchev–Trinajstić information content (AvgIpc) is 2.75. The number of rotatable bonds is 5. The van der Waals surface area contributed by atoms with Crippen LogP contribution in [-0.2, 0) is 5.67 Å². The second-order valence-corrected chi connectivity index (χ2v) is 8.59. The Morgan fingerprint density at radius 1 is 0.895 bits per heavy atom. The van der Waals surface area contributed by atoms with E-state index in [0.29, 0.717) is 0 Å². The van der Waals surface area contributed by atoms with Crippen molar-refractivity contribution in [3.8, 4) is 5.75 Å². The maximum absolute atomic E-state index is 15.0. The van der Waals surface area contributed by atoms with E-state index >= 15 is 4.39 Å². The molecule has 3 rings (SSSR count). The lowest BCUT2D eigenvalue weighted by molar-refractivity contribution is -0.389. The van der Waals surface area contributed by atoms with Crippen LogP contribution in [0.5, 0.6) is 5.75 Å². The Morgan fingerprint density at radius 3 is 2.00 bits per heavy atom. The van der Waals surface area contributed by atoms with Gasteiger partial charge in [-0.1, -0.05) is 18.2 Å². The maximum Gasteiger partial charge on any atom is 0.573 e. The van der Waals surface area contributed by atoms with Crippen molar-refractivity contribution in [1.29, 1.82) is 0 Å². The molecule has 0 radical (unpaired) electrons. The van der Waals surface area contributed by atoms with Crippen LogP contribution in [0.15, 0.2) is 40.9 Å². The van der Waals surface area contributed by atoms with Crippen LogP contribution < -0.4 is 15.4 Å². The summed E-state index contributed by atoms with van der Waals surface area (Å²) in [7, 11) is 0. The lowest BCUT2D eigenvalue weighted by atomic mass is 9.87. The summed E-state index contributed by atoms with van der Waals surface area (Å²) in [4.78, 5) is 12.5. The molecule has 208 valence electrons. The molecule has 0 saturated heterocycles. The van der Waals surface area contributed by atoms with Gasteiger partial charge in [-0.05, 0) is 45.8 Å². The highest BCUT2D eigenvalue weighted by Gasteiger charge is 2.81. The number of nitrogens with zero attached hydrogens (tertiary/aromatic N) is 1. The highest BCUT2D eigenvalue weighted by atomic mass is 79.9. The van der Waals surface area contributed by atoms with Crippen LogP contribution in [0.4, 0.5) is 64.1 Å². The van der Waals surface area contributed by atoms with Gasteiger partial charge in [0.05, 0.1) is 5.69 Å². The molecule has 0 fully saturated rings. The van der Waals surface area contributed by atoms with E-state index in [-0.39, 0.29) is 29.4 Å². The first kappa shape index (κ1) is 29.4. The van der Waals surface area contributed by atoms with Crippen molar-refractivity contribution in [2.24, 2.45) is 5.73 Å². The molecule has 2 N–H and O–H groups in total. The first-order valence-electron chi connectivity index (χ1n) is 9.79. The van der Waals surface area contributed by atoms with E-state index in [1.165, 1.54) is 24.3 Å². The molecule has 0 bridgehead atoms. The van der Waals surface area contributed by atoms with E-state index in [2.05, 4.69) is 20.7 Å². The Labute approximate surface area is 212 Å². The number of hydrogen-bond donors (Lipinski definition) is 1. The molecule has 0 spiro atoms. The predicted molar refractivity (Wildman–Crippen MR) is 112 cm³/mol. The third kappa shape index (κ3) is 4.99. The van der Waals surface area contributed by atoms with Gasteiger partial charge < -0.3 is 15.4 Å². The minimum Gasteiger partial charge on any atom is -0.403 e. The molecule has 1 aliphatic heterocycles. The Morgan fingerprint density at radius 2 is 1.50 bits per heavy atom. The van der Waals surface area contributed by atoms with Crippen LogP contribution in [-0.4, -0.2) is 37.1 Å². The van der Waals surface area contributed by atoms with E-state index in [1.807, 2.05) is 0 Å². The van der Waals surface area contributed by atoms with Crippen LogP contribution in [0.2, 0.25) is 0 Å². The molecule has 0 saturated carbocycles. The normalized spacial score (nSPS) is 16.2. The number of alkyl halides is 12. The van der Waals surface area contributed by atoms with Crippen molar-refractivity contribution in [2.75, 3.05) is 11.4 Å². The quantitative estimate of drug-likeness (QED) is 0.348. The molecule has 2 aromatic rings. The molecule has 1 heterocycles. The highest BCUT2D eigenvalue weighted by Crippen LogP contribution is 2.60. The second-order valence-electron chi connectivity index (χ2n) is 7.73. The zero-order valence-electron chi connectivity index (χ0n) is 18.0. The van der Waals surface area contributed by atoms with Gasteiger partial charge in [0.25, 0.3) is 0 Å². The molecule has 38 heavy (non-hydrogen) atoms. The van der Waals surface area contributed by atoms with Gasteiger partial charge in [0, 0.05) is 27.8 Å². The summed E-state index contributed by atoms with van der Waals surface area (Å²) in [5.74, 6) is -9.87. The fraction of sp³-hybridized carbons (Fsp3) is 0.286. The van der Waals surface area contributed by atoms with Crippen LogP contribution in [0.1, 0.15) is 21.5 Å². The van der Waals surface area contributed by atoms with Crippen molar-refractivity contribution in [3.05, 3.63) is 57.6 Å². The summed E-state index contributed by atoms with van der Waals surface area (Å²) in [6, 6.07) is 2.90. The Hall–Kier alpha value is -3.11. The molecule has 4 nitrogen and oxygen atoms in total. The summed E-state index contributed by atoms with van der Waals surface area (Å²) in [6.45, 7) is -0.361. The van der Waals surface area contributed by atoms with Gasteiger partial charge in [-0.3, -0.25) is 4.79 Å². The van der Waals surface area contributed by atoms with Gasteiger partial charge in [-0.25, -0.2) is 4.39 Å². The number of hydrogen-bond acceptors (Lipinski definition) is 3. The van der Waals surface area contributed by atoms with Gasteiger partial charge in [-0.15, -0.1) is 13.2 Å². The summed E-state index contributed by atoms with van der Waals surface area (Å²) in [5, 5.41) is 0. The van der Waals surface area contributed by atoms with Crippen LogP contribution in [0.3, 0.4) is 0 Å². The van der Waals surface area contributed by atoms with Crippen molar-refractivity contribution >= 4 is 39.3 Å². The number of halogens is 13. The zero-order chi connectivity index (χ0) is 29.1. The van der Waals surface area contributed by atoms with Gasteiger partial charge >= 0.3 is 30.3 Å². The number of benzene rings is 2. The minimum atomic E-state index is -7.13. The van der Waals surface area contributed by atoms with Crippen molar-refractivity contribution in [2.45, 2.75) is 30.3 Å². The van der Waals surface area contributed by atoms with Crippen molar-refractivity contribution < 1.29 is 62.2 Å². The number of primary amides is 1. The number of carbonyl (C=O) groups excluding carboxylic acids is 1. The van der Waals surface area contributed by atoms with E-state index in [4.69, 9.17) is 5.73 Å². The van der Waals surface area contributed by atoms with Gasteiger partial charge in [-0.2, -0.15) is 35.1 Å². The number of ether oxygens (including phenoxy) is 1. The third-order valence-corrected chi connectivity index (χ3v) is 5.90. The topological polar surface area (TPSA) is 55.6 Å². The van der Waals surface area contributed by atoms with Crippen LogP contribution in [0, 0.1) is 0 Å². The van der Waals surface area contributed by atoms with Gasteiger partial charge in [0.1, 0.15) is 0 Å². The zero-order valence-corrected chi connectivity index (χ0v) is 19.6. The fourth-order valence-electron chi connectivity index (χ4n) is 3.62. The number of fused-ring (bicyclic) bond motifs is 1. The van der Waals surface area contributed by atoms with Crippen LogP contribution in [0.25, 0.3) is 6.08 Å². The third-order valence-electron chi connectivity index (χ3n) is 5.29. The fourth-order valence-corrected chi connectivity index (χ4v) is 4.28. The van der Waals surface area contributed by atoms with Crippen molar-refractivity contribution in [3.63, 3.8) is 0 Å². The summed E-state index contributed by atoms with van der Waals surface area (Å²) in [5.41, 5.74) is -4.71. The lowest BCUT2D eigenvalue weighted by Gasteiger charge is -2.37. The Kier molecular flexibility index (Phi) is 7.18. The minimum absolute atomic E-state index is 0.0766. The molecular weight excluding hydrogens is 620 g/mol. The molecule has 1 atom stereocenters. The smallest absolute Gasteiger partial charge is 0.403 e. The average molecular weight is 631 g/mol. The standard InChI is InChI=1S/C21H11BrF12N2O2/c22-12-7-11(17(23,19(26,27)28)18(24,25)20(29,30)31)8-14(38-21(32,33)34)15(12)36-5-1-2-9-3-4-10(16(35)37)6-13(9)36/h1-4,6-8H,5H2,(H2,35,37). The van der Waals surface area contributed by atoms with E-state index < -0.39 is 63.8 Å². The molecule has 17 heteroatoms. The van der Waals surface area contributed by atoms with E-state index in [1.54, 1.807) is 0 Å². The van der Waals surface area contributed by atoms with E-state index in [9.17, 15) is 53.1 Å². The van der Waals surface area contributed by atoms with Crippen LogP contribution >= 0.6 is 15.9 Å². The molecule has 1 unspecified atom stereocenters. The van der Waals surface area contributed by atoms with Crippen molar-refractivity contribution in [1.82, 2.24) is 0 Å². The van der Waals surface area contributed by atoms with E-state index in [0.717, 1.165) is 11.0 Å². The Balaban J connectivity index is 2.36.